The Kier molecular flexibility index (Phi) is 8.52. The fourth-order valence-corrected chi connectivity index (χ4v) is 10.4. The molecule has 0 bridgehead atoms. The van der Waals surface area contributed by atoms with Crippen molar-refractivity contribution in [2.45, 2.75) is 0 Å². The van der Waals surface area contributed by atoms with Crippen LogP contribution >= 0.6 is 0 Å². The molecule has 5 heteroatoms. The molecule has 0 fully saturated rings. The van der Waals surface area contributed by atoms with E-state index in [0.29, 0.717) is 17.5 Å². The Labute approximate surface area is 390 Å². The van der Waals surface area contributed by atoms with Crippen LogP contribution in [0.5, 0.6) is 0 Å². The first-order valence-corrected chi connectivity index (χ1v) is 23.0. The highest BCUT2D eigenvalue weighted by Gasteiger charge is 2.20. The van der Waals surface area contributed by atoms with Gasteiger partial charge in [0.25, 0.3) is 0 Å². The quantitative estimate of drug-likeness (QED) is 0.167. The number of fused-ring (bicyclic) bond motifs is 11. The summed E-state index contributed by atoms with van der Waals surface area (Å²) >= 11 is 0. The molecule has 11 aromatic carbocycles. The first kappa shape index (κ1) is 38.1. The predicted octanol–water partition coefficient (Wildman–Crippen LogP) is 16.7. The largest absolute Gasteiger partial charge is 0.456 e. The molecule has 0 saturated carbocycles. The van der Waals surface area contributed by atoms with Crippen LogP contribution in [0.1, 0.15) is 0 Å². The van der Waals surface area contributed by atoms with E-state index in [2.05, 4.69) is 217 Å². The number of rotatable bonds is 6. The smallest absolute Gasteiger partial charge is 0.164 e. The fraction of sp³-hybridized carbons (Fsp3) is 0. The first-order chi connectivity index (χ1) is 33.7. The third kappa shape index (κ3) is 6.14. The highest BCUT2D eigenvalue weighted by Crippen LogP contribution is 2.42. The van der Waals surface area contributed by atoms with Gasteiger partial charge in [0.1, 0.15) is 11.2 Å². The average Bonchev–Trinajstić information content (AvgIpc) is 3.96. The lowest BCUT2D eigenvalue weighted by atomic mass is 9.99. The minimum Gasteiger partial charge on any atom is -0.456 e. The van der Waals surface area contributed by atoms with E-state index in [9.17, 15) is 0 Å². The molecule has 68 heavy (non-hydrogen) atoms. The minimum atomic E-state index is 0.583. The maximum Gasteiger partial charge on any atom is 0.164 e. The second kappa shape index (κ2) is 15.2. The lowest BCUT2D eigenvalue weighted by Crippen LogP contribution is -2.01. The topological polar surface area (TPSA) is 56.7 Å². The molecule has 3 aromatic heterocycles. The first-order valence-electron chi connectivity index (χ1n) is 23.0. The molecule has 14 aromatic rings. The Morgan fingerprint density at radius 2 is 0.912 bits per heavy atom. The molecule has 14 rings (SSSR count). The number of furan rings is 1. The maximum atomic E-state index is 6.67. The number of nitrogens with zero attached hydrogens (tertiary/aromatic N) is 4. The van der Waals surface area contributed by atoms with Crippen molar-refractivity contribution in [1.82, 2.24) is 19.5 Å². The molecule has 0 aliphatic heterocycles. The molecule has 0 aliphatic carbocycles. The third-order valence-electron chi connectivity index (χ3n) is 13.6. The van der Waals surface area contributed by atoms with Gasteiger partial charge in [0, 0.05) is 49.3 Å². The van der Waals surface area contributed by atoms with Crippen molar-refractivity contribution in [3.8, 4) is 62.1 Å². The van der Waals surface area contributed by atoms with Gasteiger partial charge in [0.15, 0.2) is 17.5 Å². The van der Waals surface area contributed by atoms with Crippen molar-refractivity contribution in [2.75, 3.05) is 0 Å². The second-order valence-corrected chi connectivity index (χ2v) is 17.6. The zero-order valence-electron chi connectivity index (χ0n) is 36.6. The SMILES string of the molecule is c1ccc(-c2cccc(-c3nc(-c4ccc5oc6ccc7ccc(-n8c9cc%10ccccc%10cc9c9ccc%10ccccc%10c98)cc7c6c5c4)nc(-c4ccccc4-c4ccccc4)n3)c2)cc1. The summed E-state index contributed by atoms with van der Waals surface area (Å²) in [5, 5.41) is 11.6. The molecule has 0 unspecified atom stereocenters. The number of hydrogen-bond acceptors (Lipinski definition) is 4. The lowest BCUT2D eigenvalue weighted by molar-refractivity contribution is 0.669. The van der Waals surface area contributed by atoms with Gasteiger partial charge in [-0.05, 0) is 104 Å². The number of hydrogen-bond donors (Lipinski definition) is 0. The highest BCUT2D eigenvalue weighted by atomic mass is 16.3. The molecule has 0 radical (unpaired) electrons. The summed E-state index contributed by atoms with van der Waals surface area (Å²) in [6.07, 6.45) is 0. The van der Waals surface area contributed by atoms with Crippen molar-refractivity contribution < 1.29 is 4.42 Å². The predicted molar refractivity (Wildman–Crippen MR) is 281 cm³/mol. The Hall–Kier alpha value is -9.19. The van der Waals surface area contributed by atoms with E-state index in [1.165, 1.54) is 43.4 Å². The van der Waals surface area contributed by atoms with Gasteiger partial charge in [0.05, 0.1) is 11.0 Å². The van der Waals surface area contributed by atoms with Crippen molar-refractivity contribution in [3.05, 3.63) is 231 Å². The van der Waals surface area contributed by atoms with Gasteiger partial charge >= 0.3 is 0 Å². The van der Waals surface area contributed by atoms with Crippen LogP contribution in [0.3, 0.4) is 0 Å². The maximum absolute atomic E-state index is 6.67. The van der Waals surface area contributed by atoms with E-state index in [1.807, 2.05) is 18.2 Å². The van der Waals surface area contributed by atoms with E-state index >= 15 is 0 Å². The van der Waals surface area contributed by atoms with Crippen LogP contribution in [0.25, 0.3) is 138 Å². The summed E-state index contributed by atoms with van der Waals surface area (Å²) in [7, 11) is 0. The molecule has 0 amide bonds. The van der Waals surface area contributed by atoms with Crippen LogP contribution in [-0.4, -0.2) is 19.5 Å². The zero-order chi connectivity index (χ0) is 44.7. The van der Waals surface area contributed by atoms with Crippen molar-refractivity contribution >= 4 is 76.1 Å². The third-order valence-corrected chi connectivity index (χ3v) is 13.6. The Morgan fingerprint density at radius 1 is 0.309 bits per heavy atom. The van der Waals surface area contributed by atoms with Gasteiger partial charge in [-0.1, -0.05) is 176 Å². The summed E-state index contributed by atoms with van der Waals surface area (Å²) < 4.78 is 9.13. The standard InChI is InChI=1S/C63H38N4O/c1-3-14-39(15-4-1)43-21-13-22-46(34-43)61-64-62(66-63(65-61)52-25-12-11-23-49(52)40-16-5-2-6-17-40)47-29-32-57-55(36-47)59-53-38-48(30-26-42(53)28-33-58(59)68-57)67-56-37-45-20-8-7-19-44(45)35-54(56)51-31-27-41-18-9-10-24-50(41)60(51)67/h1-38H. The fourth-order valence-electron chi connectivity index (χ4n) is 10.4. The summed E-state index contributed by atoms with van der Waals surface area (Å²) in [6.45, 7) is 0. The Morgan fingerprint density at radius 3 is 1.74 bits per heavy atom. The average molecular weight is 867 g/mol. The van der Waals surface area contributed by atoms with Crippen LogP contribution in [0.4, 0.5) is 0 Å². The highest BCUT2D eigenvalue weighted by molar-refractivity contribution is 6.22. The molecule has 0 saturated heterocycles. The van der Waals surface area contributed by atoms with E-state index in [0.717, 1.165) is 77.3 Å². The second-order valence-electron chi connectivity index (χ2n) is 17.6. The molecular weight excluding hydrogens is 829 g/mol. The van der Waals surface area contributed by atoms with E-state index in [-0.39, 0.29) is 0 Å². The van der Waals surface area contributed by atoms with E-state index in [1.54, 1.807) is 0 Å². The molecule has 0 aliphatic rings. The van der Waals surface area contributed by atoms with Gasteiger partial charge in [-0.15, -0.1) is 0 Å². The lowest BCUT2D eigenvalue weighted by Gasteiger charge is -2.13. The summed E-state index contributed by atoms with van der Waals surface area (Å²) in [5.74, 6) is 1.79. The van der Waals surface area contributed by atoms with Crippen LogP contribution in [0, 0.1) is 0 Å². The van der Waals surface area contributed by atoms with Gasteiger partial charge in [-0.25, -0.2) is 15.0 Å². The van der Waals surface area contributed by atoms with E-state index in [4.69, 9.17) is 19.4 Å². The summed E-state index contributed by atoms with van der Waals surface area (Å²) in [6, 6.07) is 81.7. The molecule has 5 nitrogen and oxygen atoms in total. The minimum absolute atomic E-state index is 0.583. The Balaban J connectivity index is 0.988. The monoisotopic (exact) mass is 866 g/mol. The van der Waals surface area contributed by atoms with Crippen molar-refractivity contribution in [1.29, 1.82) is 0 Å². The molecule has 0 N–H and O–H groups in total. The zero-order valence-corrected chi connectivity index (χ0v) is 36.6. The number of aromatic nitrogens is 4. The molecule has 3 heterocycles. The molecular formula is C63H38N4O. The van der Waals surface area contributed by atoms with Crippen molar-refractivity contribution in [2.24, 2.45) is 0 Å². The van der Waals surface area contributed by atoms with Gasteiger partial charge < -0.3 is 8.98 Å². The van der Waals surface area contributed by atoms with Crippen LogP contribution in [0.2, 0.25) is 0 Å². The van der Waals surface area contributed by atoms with E-state index < -0.39 is 0 Å². The van der Waals surface area contributed by atoms with Gasteiger partial charge in [-0.2, -0.15) is 0 Å². The number of benzene rings is 11. The summed E-state index contributed by atoms with van der Waals surface area (Å²) in [5.41, 5.74) is 12.2. The van der Waals surface area contributed by atoms with Crippen molar-refractivity contribution in [3.63, 3.8) is 0 Å². The molecule has 0 spiro atoms. The van der Waals surface area contributed by atoms with Gasteiger partial charge in [0.2, 0.25) is 0 Å². The van der Waals surface area contributed by atoms with Gasteiger partial charge in [-0.3, -0.25) is 0 Å². The summed E-state index contributed by atoms with van der Waals surface area (Å²) in [4.78, 5) is 15.8. The van der Waals surface area contributed by atoms with Crippen LogP contribution < -0.4 is 0 Å². The molecule has 316 valence electrons. The normalized spacial score (nSPS) is 11.8. The molecule has 0 atom stereocenters. The Bertz CT molecular complexity index is 4320. The van der Waals surface area contributed by atoms with Crippen LogP contribution in [0.15, 0.2) is 235 Å². The van der Waals surface area contributed by atoms with Crippen LogP contribution in [-0.2, 0) is 0 Å².